The van der Waals surface area contributed by atoms with Gasteiger partial charge in [-0.15, -0.1) is 0 Å². The maximum atomic E-state index is 13.0. The summed E-state index contributed by atoms with van der Waals surface area (Å²) >= 11 is 0. The number of nitrogens with zero attached hydrogens (tertiary/aromatic N) is 5. The Balaban J connectivity index is 1.50. The van der Waals surface area contributed by atoms with Gasteiger partial charge in [-0.05, 0) is 49.3 Å². The number of rotatable bonds is 3. The molecule has 29 heavy (non-hydrogen) atoms. The molecule has 5 rings (SSSR count). The predicted octanol–water partition coefficient (Wildman–Crippen LogP) is 4.17. The second kappa shape index (κ2) is 5.69. The zero-order chi connectivity index (χ0) is 20.6. The molecule has 0 bridgehead atoms. The zero-order valence-electron chi connectivity index (χ0n) is 15.4. The van der Waals surface area contributed by atoms with Crippen LogP contribution in [0.4, 0.5) is 13.2 Å². The number of hydrogen-bond donors (Lipinski definition) is 1. The standard InChI is InChI=1S/C20H16F3N5O/c1-10-4-12(20(21,22)23)5-16(29)17(10)14-8-25-15-9-28(27-18(15)26-14)19-6-11(2-3-24)13(19)7-19/h4-5,8-9,11,13,29H,2,6-7H2,1H3. The Kier molecular flexibility index (Phi) is 3.51. The SMILES string of the molecule is Cc1cc(C(F)(F)F)cc(O)c1-c1cnc2cn(C34CC(CC#N)C3C4)nc2n1. The van der Waals surface area contributed by atoms with E-state index in [-0.39, 0.29) is 22.4 Å². The van der Waals surface area contributed by atoms with Crippen LogP contribution in [-0.2, 0) is 11.7 Å². The Labute approximate surface area is 163 Å². The molecule has 1 N–H and O–H groups in total. The first-order chi connectivity index (χ1) is 13.7. The van der Waals surface area contributed by atoms with Crippen LogP contribution in [0.2, 0.25) is 0 Å². The van der Waals surface area contributed by atoms with Crippen molar-refractivity contribution < 1.29 is 18.3 Å². The van der Waals surface area contributed by atoms with Crippen molar-refractivity contribution in [3.63, 3.8) is 0 Å². The highest BCUT2D eigenvalue weighted by Crippen LogP contribution is 2.69. The van der Waals surface area contributed by atoms with Crippen LogP contribution in [0.25, 0.3) is 22.4 Å². The first-order valence-electron chi connectivity index (χ1n) is 9.24. The van der Waals surface area contributed by atoms with Gasteiger partial charge >= 0.3 is 6.18 Å². The molecule has 0 saturated heterocycles. The third-order valence-electron chi connectivity index (χ3n) is 6.22. The van der Waals surface area contributed by atoms with Crippen molar-refractivity contribution in [1.82, 2.24) is 19.7 Å². The smallest absolute Gasteiger partial charge is 0.416 e. The van der Waals surface area contributed by atoms with Crippen LogP contribution in [0, 0.1) is 30.1 Å². The number of benzene rings is 1. The van der Waals surface area contributed by atoms with Crippen LogP contribution in [0.5, 0.6) is 5.75 Å². The van der Waals surface area contributed by atoms with Gasteiger partial charge in [0.2, 0.25) is 0 Å². The maximum absolute atomic E-state index is 13.0. The first kappa shape index (κ1) is 17.9. The van der Waals surface area contributed by atoms with Crippen molar-refractivity contribution in [2.75, 3.05) is 0 Å². The van der Waals surface area contributed by atoms with Gasteiger partial charge < -0.3 is 5.11 Å². The zero-order valence-corrected chi connectivity index (χ0v) is 15.4. The van der Waals surface area contributed by atoms with Crippen molar-refractivity contribution >= 4 is 11.2 Å². The monoisotopic (exact) mass is 399 g/mol. The molecule has 2 aliphatic carbocycles. The third kappa shape index (κ3) is 2.58. The minimum atomic E-state index is -4.54. The number of nitriles is 1. The van der Waals surface area contributed by atoms with E-state index < -0.39 is 17.5 Å². The van der Waals surface area contributed by atoms with Crippen LogP contribution in [-0.4, -0.2) is 24.9 Å². The summed E-state index contributed by atoms with van der Waals surface area (Å²) in [5.74, 6) is 0.372. The number of phenolic OH excluding ortho intramolecular Hbond substituents is 1. The molecule has 3 atom stereocenters. The molecule has 2 heterocycles. The molecule has 3 unspecified atom stereocenters. The lowest BCUT2D eigenvalue weighted by atomic mass is 9.79. The highest BCUT2D eigenvalue weighted by molar-refractivity contribution is 5.77. The van der Waals surface area contributed by atoms with Gasteiger partial charge in [0.25, 0.3) is 0 Å². The number of alkyl halides is 3. The second-order valence-electron chi connectivity index (χ2n) is 7.96. The molecule has 1 aromatic carbocycles. The number of phenols is 1. The van der Waals surface area contributed by atoms with E-state index in [1.807, 2.05) is 10.9 Å². The van der Waals surface area contributed by atoms with E-state index in [4.69, 9.17) is 5.26 Å². The van der Waals surface area contributed by atoms with E-state index in [2.05, 4.69) is 21.1 Å². The molecule has 2 saturated carbocycles. The van der Waals surface area contributed by atoms with E-state index in [1.165, 1.54) is 13.1 Å². The molecule has 9 heteroatoms. The van der Waals surface area contributed by atoms with Crippen LogP contribution < -0.4 is 0 Å². The number of hydrogen-bond acceptors (Lipinski definition) is 5. The van der Waals surface area contributed by atoms with Crippen molar-refractivity contribution in [1.29, 1.82) is 5.26 Å². The summed E-state index contributed by atoms with van der Waals surface area (Å²) in [6.45, 7) is 1.49. The highest BCUT2D eigenvalue weighted by Gasteiger charge is 2.68. The topological polar surface area (TPSA) is 87.6 Å². The van der Waals surface area contributed by atoms with Crippen molar-refractivity contribution in [3.8, 4) is 23.1 Å². The molecule has 148 valence electrons. The van der Waals surface area contributed by atoms with Gasteiger partial charge in [-0.25, -0.2) is 9.97 Å². The molecule has 2 fully saturated rings. The van der Waals surface area contributed by atoms with Gasteiger partial charge in [0.05, 0.1) is 35.3 Å². The Morgan fingerprint density at radius 3 is 2.79 bits per heavy atom. The third-order valence-corrected chi connectivity index (χ3v) is 6.22. The normalized spacial score (nSPS) is 25.3. The number of halogens is 3. The Morgan fingerprint density at radius 2 is 2.14 bits per heavy atom. The van der Waals surface area contributed by atoms with Crippen LogP contribution in [0.1, 0.15) is 30.4 Å². The second-order valence-corrected chi connectivity index (χ2v) is 7.96. The van der Waals surface area contributed by atoms with Crippen molar-refractivity contribution in [3.05, 3.63) is 35.7 Å². The number of aromatic hydroxyl groups is 1. The minimum Gasteiger partial charge on any atom is -0.507 e. The molecule has 0 spiro atoms. The van der Waals surface area contributed by atoms with Gasteiger partial charge in [-0.1, -0.05) is 0 Å². The largest absolute Gasteiger partial charge is 0.507 e. The summed E-state index contributed by atoms with van der Waals surface area (Å²) in [6.07, 6.45) is 1.17. The lowest BCUT2D eigenvalue weighted by Gasteiger charge is -2.33. The van der Waals surface area contributed by atoms with Crippen LogP contribution in [0.3, 0.4) is 0 Å². The van der Waals surface area contributed by atoms with Gasteiger partial charge in [-0.2, -0.15) is 23.5 Å². The summed E-state index contributed by atoms with van der Waals surface area (Å²) in [6, 6.07) is 3.90. The van der Waals surface area contributed by atoms with E-state index >= 15 is 0 Å². The summed E-state index contributed by atoms with van der Waals surface area (Å²) in [4.78, 5) is 8.78. The van der Waals surface area contributed by atoms with E-state index in [1.54, 1.807) is 0 Å². The fraction of sp³-hybridized carbons (Fsp3) is 0.400. The molecule has 2 aliphatic rings. The number of aromatic nitrogens is 4. The summed E-state index contributed by atoms with van der Waals surface area (Å²) < 4.78 is 40.7. The number of fused-ring (bicyclic) bond motifs is 2. The molecule has 3 aromatic rings. The van der Waals surface area contributed by atoms with Gasteiger partial charge in [0.1, 0.15) is 11.3 Å². The van der Waals surface area contributed by atoms with Gasteiger partial charge in [-0.3, -0.25) is 4.68 Å². The quantitative estimate of drug-likeness (QED) is 0.714. The van der Waals surface area contributed by atoms with Crippen LogP contribution in [0.15, 0.2) is 24.5 Å². The summed E-state index contributed by atoms with van der Waals surface area (Å²) in [5, 5.41) is 23.6. The van der Waals surface area contributed by atoms with Crippen molar-refractivity contribution in [2.24, 2.45) is 11.8 Å². The Morgan fingerprint density at radius 1 is 1.34 bits per heavy atom. The minimum absolute atomic E-state index is 0.0452. The highest BCUT2D eigenvalue weighted by atomic mass is 19.4. The Hall–Kier alpha value is -3.15. The van der Waals surface area contributed by atoms with Crippen molar-refractivity contribution in [2.45, 2.75) is 37.9 Å². The molecular weight excluding hydrogens is 383 g/mol. The van der Waals surface area contributed by atoms with Gasteiger partial charge in [0.15, 0.2) is 5.65 Å². The van der Waals surface area contributed by atoms with Gasteiger partial charge in [0, 0.05) is 12.0 Å². The fourth-order valence-corrected chi connectivity index (χ4v) is 4.70. The molecule has 6 nitrogen and oxygen atoms in total. The van der Waals surface area contributed by atoms with Crippen LogP contribution >= 0.6 is 0 Å². The van der Waals surface area contributed by atoms with E-state index in [9.17, 15) is 18.3 Å². The molecular formula is C20H16F3N5O. The lowest BCUT2D eigenvalue weighted by Crippen LogP contribution is -2.35. The maximum Gasteiger partial charge on any atom is 0.416 e. The fourth-order valence-electron chi connectivity index (χ4n) is 4.70. The lowest BCUT2D eigenvalue weighted by molar-refractivity contribution is -0.137. The van der Waals surface area contributed by atoms with E-state index in [0.717, 1.165) is 18.9 Å². The average Bonchev–Trinajstić information content (AvgIpc) is 3.03. The average molecular weight is 399 g/mol. The molecule has 2 aromatic heterocycles. The predicted molar refractivity (Wildman–Crippen MR) is 96.6 cm³/mol. The first-order valence-corrected chi connectivity index (χ1v) is 9.24. The van der Waals surface area contributed by atoms with E-state index in [0.29, 0.717) is 35.5 Å². The number of aryl methyl sites for hydroxylation is 1. The molecule has 0 radical (unpaired) electrons. The molecule has 0 aliphatic heterocycles. The summed E-state index contributed by atoms with van der Waals surface area (Å²) in [5.41, 5.74) is 0.743. The molecule has 0 amide bonds. The summed E-state index contributed by atoms with van der Waals surface area (Å²) in [7, 11) is 0. The Bertz CT molecular complexity index is 1170.